The molecule has 0 saturated heterocycles. The Morgan fingerprint density at radius 2 is 1.81 bits per heavy atom. The van der Waals surface area contributed by atoms with Crippen LogP contribution in [0.15, 0.2) is 36.4 Å². The first-order chi connectivity index (χ1) is 12.3. The van der Waals surface area contributed by atoms with E-state index in [1.165, 1.54) is 31.4 Å². The number of nitrogens with zero attached hydrogens (tertiary/aromatic N) is 1. The second-order valence-electron chi connectivity index (χ2n) is 5.57. The molecule has 2 aromatic rings. The number of nitrogens with one attached hydrogen (secondary N) is 1. The fourth-order valence-electron chi connectivity index (χ4n) is 2.21. The van der Waals surface area contributed by atoms with Gasteiger partial charge >= 0.3 is 5.97 Å². The van der Waals surface area contributed by atoms with Crippen LogP contribution in [0.25, 0.3) is 0 Å². The number of nitro groups is 1. The molecule has 1 amide bonds. The number of hydrogen-bond acceptors (Lipinski definition) is 6. The van der Waals surface area contributed by atoms with Gasteiger partial charge in [-0.3, -0.25) is 14.9 Å². The van der Waals surface area contributed by atoms with Gasteiger partial charge in [-0.15, -0.1) is 0 Å². The predicted molar refractivity (Wildman–Crippen MR) is 94.5 cm³/mol. The van der Waals surface area contributed by atoms with E-state index in [2.05, 4.69) is 5.32 Å². The second kappa shape index (κ2) is 8.11. The van der Waals surface area contributed by atoms with Crippen molar-refractivity contribution >= 4 is 23.3 Å². The summed E-state index contributed by atoms with van der Waals surface area (Å²) < 4.78 is 10.1. The van der Waals surface area contributed by atoms with E-state index in [1.807, 2.05) is 6.92 Å². The number of non-ortho nitro benzene ring substituents is 1. The fraction of sp³-hybridized carbons (Fsp3) is 0.222. The lowest BCUT2D eigenvalue weighted by molar-refractivity contribution is -0.384. The molecule has 0 radical (unpaired) electrons. The number of aryl methyl sites for hydroxylation is 2. The Kier molecular flexibility index (Phi) is 5.90. The number of amides is 1. The Labute approximate surface area is 149 Å². The number of nitro benzene ring substituents is 1. The van der Waals surface area contributed by atoms with Crippen molar-refractivity contribution in [3.63, 3.8) is 0 Å². The quantitative estimate of drug-likeness (QED) is 0.483. The first-order valence-electron chi connectivity index (χ1n) is 7.68. The minimum atomic E-state index is -0.672. The third-order valence-corrected chi connectivity index (χ3v) is 3.68. The topological polar surface area (TPSA) is 108 Å². The van der Waals surface area contributed by atoms with Gasteiger partial charge in [0.2, 0.25) is 0 Å². The Morgan fingerprint density at radius 3 is 2.46 bits per heavy atom. The van der Waals surface area contributed by atoms with Gasteiger partial charge in [0.1, 0.15) is 5.75 Å². The molecule has 8 heteroatoms. The molecule has 136 valence electrons. The van der Waals surface area contributed by atoms with Gasteiger partial charge in [-0.25, -0.2) is 4.79 Å². The molecular formula is C18H18N2O6. The molecule has 0 heterocycles. The van der Waals surface area contributed by atoms with E-state index in [1.54, 1.807) is 19.1 Å². The molecule has 0 aliphatic heterocycles. The lowest BCUT2D eigenvalue weighted by Crippen LogP contribution is -2.21. The van der Waals surface area contributed by atoms with Gasteiger partial charge < -0.3 is 14.8 Å². The summed E-state index contributed by atoms with van der Waals surface area (Å²) >= 11 is 0. The lowest BCUT2D eigenvalue weighted by Gasteiger charge is -2.10. The number of carbonyl (C=O) groups is 2. The zero-order valence-corrected chi connectivity index (χ0v) is 14.6. The Hall–Kier alpha value is -3.42. The summed E-state index contributed by atoms with van der Waals surface area (Å²) in [4.78, 5) is 34.3. The summed E-state index contributed by atoms with van der Waals surface area (Å²) in [6, 6.07) is 8.93. The van der Waals surface area contributed by atoms with Crippen LogP contribution in [-0.4, -0.2) is 30.5 Å². The molecule has 0 unspecified atom stereocenters. The highest BCUT2D eigenvalue weighted by atomic mass is 16.6. The van der Waals surface area contributed by atoms with Crippen LogP contribution in [0, 0.1) is 24.0 Å². The zero-order chi connectivity index (χ0) is 19.3. The standard InChI is InChI=1S/C18H18N2O6/c1-11-5-7-14(20(23)24)9-15(11)19-17(21)10-26-18(22)13-6-4-12(2)16(8-13)25-3/h4-9H,10H2,1-3H3,(H,19,21). The maximum atomic E-state index is 12.0. The van der Waals surface area contributed by atoms with Gasteiger partial charge in [0.05, 0.1) is 23.3 Å². The number of hydrogen-bond donors (Lipinski definition) is 1. The van der Waals surface area contributed by atoms with Crippen LogP contribution in [0.1, 0.15) is 21.5 Å². The van der Waals surface area contributed by atoms with Gasteiger partial charge in [0, 0.05) is 12.1 Å². The lowest BCUT2D eigenvalue weighted by atomic mass is 10.1. The van der Waals surface area contributed by atoms with E-state index >= 15 is 0 Å². The van der Waals surface area contributed by atoms with E-state index < -0.39 is 23.4 Å². The predicted octanol–water partition coefficient (Wildman–Crippen LogP) is 3.02. The van der Waals surface area contributed by atoms with Crippen molar-refractivity contribution in [2.24, 2.45) is 0 Å². The average molecular weight is 358 g/mol. The smallest absolute Gasteiger partial charge is 0.338 e. The number of rotatable bonds is 6. The van der Waals surface area contributed by atoms with Crippen molar-refractivity contribution in [1.29, 1.82) is 0 Å². The highest BCUT2D eigenvalue weighted by molar-refractivity contribution is 5.96. The third kappa shape index (κ3) is 4.56. The van der Waals surface area contributed by atoms with Crippen molar-refractivity contribution in [1.82, 2.24) is 0 Å². The molecule has 1 N–H and O–H groups in total. The van der Waals surface area contributed by atoms with Crippen LogP contribution in [0.3, 0.4) is 0 Å². The molecule has 2 rings (SSSR count). The molecular weight excluding hydrogens is 340 g/mol. The van der Waals surface area contributed by atoms with Crippen molar-refractivity contribution in [2.75, 3.05) is 19.0 Å². The Balaban J connectivity index is 2.00. The van der Waals surface area contributed by atoms with Gasteiger partial charge in [0.25, 0.3) is 11.6 Å². The van der Waals surface area contributed by atoms with Gasteiger partial charge in [-0.05, 0) is 37.1 Å². The zero-order valence-electron chi connectivity index (χ0n) is 14.6. The SMILES string of the molecule is COc1cc(C(=O)OCC(=O)Nc2cc([N+](=O)[O-])ccc2C)ccc1C. The van der Waals surface area contributed by atoms with Crippen molar-refractivity contribution < 1.29 is 24.0 Å². The summed E-state index contributed by atoms with van der Waals surface area (Å²) in [7, 11) is 1.49. The summed E-state index contributed by atoms with van der Waals surface area (Å²) in [5, 5.41) is 13.3. The van der Waals surface area contributed by atoms with Crippen molar-refractivity contribution in [3.8, 4) is 5.75 Å². The molecule has 0 aliphatic carbocycles. The van der Waals surface area contributed by atoms with E-state index in [0.717, 1.165) is 5.56 Å². The van der Waals surface area contributed by atoms with Crippen LogP contribution in [0.2, 0.25) is 0 Å². The molecule has 0 saturated carbocycles. The second-order valence-corrected chi connectivity index (χ2v) is 5.57. The molecule has 2 aromatic carbocycles. The highest BCUT2D eigenvalue weighted by Crippen LogP contribution is 2.22. The number of benzene rings is 2. The first-order valence-corrected chi connectivity index (χ1v) is 7.68. The number of carbonyl (C=O) groups excluding carboxylic acids is 2. The molecule has 0 spiro atoms. The Bertz CT molecular complexity index is 863. The number of ether oxygens (including phenoxy) is 2. The van der Waals surface area contributed by atoms with Crippen LogP contribution >= 0.6 is 0 Å². The van der Waals surface area contributed by atoms with E-state index in [-0.39, 0.29) is 16.9 Å². The van der Waals surface area contributed by atoms with Crippen LogP contribution in [-0.2, 0) is 9.53 Å². The van der Waals surface area contributed by atoms with Crippen LogP contribution < -0.4 is 10.1 Å². The normalized spacial score (nSPS) is 10.1. The number of esters is 1. The summed E-state index contributed by atoms with van der Waals surface area (Å²) in [5.74, 6) is -0.730. The van der Waals surface area contributed by atoms with Gasteiger partial charge in [0.15, 0.2) is 6.61 Å². The maximum absolute atomic E-state index is 12.0. The molecule has 0 bridgehead atoms. The largest absolute Gasteiger partial charge is 0.496 e. The summed E-state index contributed by atoms with van der Waals surface area (Å²) in [6.07, 6.45) is 0. The van der Waals surface area contributed by atoms with E-state index in [9.17, 15) is 19.7 Å². The molecule has 0 aliphatic rings. The monoisotopic (exact) mass is 358 g/mol. The molecule has 0 aromatic heterocycles. The third-order valence-electron chi connectivity index (χ3n) is 3.68. The molecule has 26 heavy (non-hydrogen) atoms. The Morgan fingerprint density at radius 1 is 1.12 bits per heavy atom. The van der Waals surface area contributed by atoms with Gasteiger partial charge in [-0.2, -0.15) is 0 Å². The minimum Gasteiger partial charge on any atom is -0.496 e. The fourth-order valence-corrected chi connectivity index (χ4v) is 2.21. The number of methoxy groups -OCH3 is 1. The van der Waals surface area contributed by atoms with Crippen molar-refractivity contribution in [2.45, 2.75) is 13.8 Å². The summed E-state index contributed by atoms with van der Waals surface area (Å²) in [6.45, 7) is 3.02. The van der Waals surface area contributed by atoms with Crippen molar-refractivity contribution in [3.05, 3.63) is 63.2 Å². The molecule has 0 atom stereocenters. The van der Waals surface area contributed by atoms with E-state index in [0.29, 0.717) is 11.3 Å². The average Bonchev–Trinajstić information content (AvgIpc) is 2.61. The van der Waals surface area contributed by atoms with Gasteiger partial charge in [-0.1, -0.05) is 12.1 Å². The maximum Gasteiger partial charge on any atom is 0.338 e. The van der Waals surface area contributed by atoms with Crippen LogP contribution in [0.5, 0.6) is 5.75 Å². The molecule has 0 fully saturated rings. The first kappa shape index (κ1) is 18.9. The van der Waals surface area contributed by atoms with Crippen LogP contribution in [0.4, 0.5) is 11.4 Å². The van der Waals surface area contributed by atoms with E-state index in [4.69, 9.17) is 9.47 Å². The summed E-state index contributed by atoms with van der Waals surface area (Å²) in [5.41, 5.74) is 1.92. The highest BCUT2D eigenvalue weighted by Gasteiger charge is 2.14. The minimum absolute atomic E-state index is 0.144. The molecule has 8 nitrogen and oxygen atoms in total. The number of anilines is 1.